The van der Waals surface area contributed by atoms with E-state index in [1.165, 1.54) is 69.0 Å². The van der Waals surface area contributed by atoms with Crippen molar-refractivity contribution in [1.82, 2.24) is 19.5 Å². The monoisotopic (exact) mass is 806 g/mol. The van der Waals surface area contributed by atoms with Crippen LogP contribution in [0.25, 0.3) is 125 Å². The third kappa shape index (κ3) is 5.42. The molecule has 3 aromatic heterocycles. The van der Waals surface area contributed by atoms with Gasteiger partial charge in [-0.15, -0.1) is 11.3 Å². The fourth-order valence-electron chi connectivity index (χ4n) is 9.59. The number of hydrogen-bond donors (Lipinski definition) is 0. The molecule has 0 unspecified atom stereocenters. The minimum atomic E-state index is 0.633. The molecule has 5 heteroatoms. The first-order valence-electron chi connectivity index (χ1n) is 20.9. The fraction of sp³-hybridized carbons (Fsp3) is 0. The Hall–Kier alpha value is -7.99. The van der Waals surface area contributed by atoms with Gasteiger partial charge in [0, 0.05) is 53.3 Å². The van der Waals surface area contributed by atoms with Gasteiger partial charge in [-0.2, -0.15) is 0 Å². The molecule has 13 rings (SSSR count). The zero-order valence-corrected chi connectivity index (χ0v) is 34.1. The largest absolute Gasteiger partial charge is 0.309 e. The van der Waals surface area contributed by atoms with Crippen molar-refractivity contribution in [3.05, 3.63) is 206 Å². The molecule has 0 N–H and O–H groups in total. The maximum atomic E-state index is 5.34. The fourth-order valence-corrected chi connectivity index (χ4v) is 10.7. The summed E-state index contributed by atoms with van der Waals surface area (Å²) in [7, 11) is 0. The van der Waals surface area contributed by atoms with E-state index in [1.54, 1.807) is 0 Å². The average molecular weight is 807 g/mol. The number of para-hydroxylation sites is 2. The lowest BCUT2D eigenvalue weighted by molar-refractivity contribution is 1.08. The minimum Gasteiger partial charge on any atom is -0.309 e. The Labute approximate surface area is 360 Å². The second-order valence-electron chi connectivity index (χ2n) is 15.9. The molecule has 0 aliphatic rings. The second-order valence-corrected chi connectivity index (χ2v) is 17.0. The zero-order chi connectivity index (χ0) is 40.7. The molecule has 13 aromatic rings. The third-order valence-corrected chi connectivity index (χ3v) is 13.6. The first-order valence-corrected chi connectivity index (χ1v) is 21.7. The zero-order valence-electron chi connectivity index (χ0n) is 33.3. The van der Waals surface area contributed by atoms with Crippen molar-refractivity contribution in [3.8, 4) is 51.0 Å². The summed E-state index contributed by atoms with van der Waals surface area (Å²) >= 11 is 1.81. The predicted octanol–water partition coefficient (Wildman–Crippen LogP) is 15.5. The number of rotatable bonds is 5. The number of fused-ring (bicyclic) bond motifs is 12. The van der Waals surface area contributed by atoms with Gasteiger partial charge in [0.15, 0.2) is 17.5 Å². The Morgan fingerprint density at radius 2 is 0.839 bits per heavy atom. The normalized spacial score (nSPS) is 11.9. The number of nitrogens with zero attached hydrogens (tertiary/aromatic N) is 4. The third-order valence-electron chi connectivity index (χ3n) is 12.4. The molecular weight excluding hydrogens is 773 g/mol. The van der Waals surface area contributed by atoms with Crippen LogP contribution in [0.5, 0.6) is 0 Å². The highest BCUT2D eigenvalue weighted by molar-refractivity contribution is 7.26. The lowest BCUT2D eigenvalue weighted by Crippen LogP contribution is -2.00. The van der Waals surface area contributed by atoms with Crippen LogP contribution < -0.4 is 0 Å². The molecule has 0 radical (unpaired) electrons. The highest BCUT2D eigenvalue weighted by Crippen LogP contribution is 2.43. The van der Waals surface area contributed by atoms with E-state index < -0.39 is 0 Å². The average Bonchev–Trinajstić information content (AvgIpc) is 3.89. The summed E-state index contributed by atoms with van der Waals surface area (Å²) in [6.45, 7) is 0. The topological polar surface area (TPSA) is 43.6 Å². The van der Waals surface area contributed by atoms with E-state index in [1.807, 2.05) is 29.5 Å². The molecule has 288 valence electrons. The van der Waals surface area contributed by atoms with Gasteiger partial charge in [0.2, 0.25) is 0 Å². The highest BCUT2D eigenvalue weighted by Gasteiger charge is 2.20. The number of hydrogen-bond acceptors (Lipinski definition) is 4. The Bertz CT molecular complexity index is 3890. The molecular formula is C57H34N4S. The van der Waals surface area contributed by atoms with Crippen molar-refractivity contribution in [3.63, 3.8) is 0 Å². The predicted molar refractivity (Wildman–Crippen MR) is 261 cm³/mol. The molecule has 0 aliphatic heterocycles. The summed E-state index contributed by atoms with van der Waals surface area (Å²) in [5.41, 5.74) is 8.60. The standard InChI is InChI=1S/C57H34N4S/c1-3-14-35(15-4-1)55-58-56(38-27-30-46-45-22-11-12-24-50(45)61(51(46)34-38)39-16-5-2-6-17-39)60-57(59-55)47-23-13-25-53-54(47)49-33-37(28-31-52(49)62-53)36-26-29-44-42-20-8-7-18-40(42)41-19-9-10-21-43(41)48(44)32-36/h1-34H. The molecule has 0 spiro atoms. The second kappa shape index (κ2) is 13.8. The summed E-state index contributed by atoms with van der Waals surface area (Å²) in [6, 6.07) is 73.9. The van der Waals surface area contributed by atoms with E-state index >= 15 is 0 Å². The van der Waals surface area contributed by atoms with E-state index in [4.69, 9.17) is 15.0 Å². The van der Waals surface area contributed by atoms with E-state index in [-0.39, 0.29) is 0 Å². The summed E-state index contributed by atoms with van der Waals surface area (Å²) in [5, 5.41) is 12.4. The molecule has 10 aromatic carbocycles. The Balaban J connectivity index is 1.01. The maximum Gasteiger partial charge on any atom is 0.164 e. The number of benzene rings is 10. The molecule has 0 fully saturated rings. The van der Waals surface area contributed by atoms with Gasteiger partial charge in [-0.25, -0.2) is 15.0 Å². The maximum absolute atomic E-state index is 5.34. The van der Waals surface area contributed by atoms with Crippen LogP contribution >= 0.6 is 11.3 Å². The van der Waals surface area contributed by atoms with Crippen molar-refractivity contribution < 1.29 is 0 Å². The van der Waals surface area contributed by atoms with Crippen LogP contribution in [0, 0.1) is 0 Å². The van der Waals surface area contributed by atoms with Crippen molar-refractivity contribution in [1.29, 1.82) is 0 Å². The molecule has 0 saturated heterocycles. The van der Waals surface area contributed by atoms with Gasteiger partial charge < -0.3 is 4.57 Å². The molecule has 0 saturated carbocycles. The smallest absolute Gasteiger partial charge is 0.164 e. The van der Waals surface area contributed by atoms with Crippen LogP contribution in [0.2, 0.25) is 0 Å². The van der Waals surface area contributed by atoms with Crippen LogP contribution in [-0.4, -0.2) is 19.5 Å². The number of thiophene rings is 1. The first-order chi connectivity index (χ1) is 30.7. The van der Waals surface area contributed by atoms with E-state index in [0.29, 0.717) is 17.5 Å². The van der Waals surface area contributed by atoms with Crippen molar-refractivity contribution >= 4 is 85.6 Å². The van der Waals surface area contributed by atoms with Crippen molar-refractivity contribution in [2.75, 3.05) is 0 Å². The van der Waals surface area contributed by atoms with Crippen LogP contribution in [0.4, 0.5) is 0 Å². The van der Waals surface area contributed by atoms with E-state index in [9.17, 15) is 0 Å². The van der Waals surface area contributed by atoms with Gasteiger partial charge in [-0.1, -0.05) is 158 Å². The van der Waals surface area contributed by atoms with E-state index in [0.717, 1.165) is 38.8 Å². The molecule has 4 nitrogen and oxygen atoms in total. The van der Waals surface area contributed by atoms with Crippen LogP contribution in [0.3, 0.4) is 0 Å². The molecule has 0 atom stereocenters. The van der Waals surface area contributed by atoms with Crippen molar-refractivity contribution in [2.45, 2.75) is 0 Å². The lowest BCUT2D eigenvalue weighted by atomic mass is 9.92. The quantitative estimate of drug-likeness (QED) is 0.163. The Kier molecular flexibility index (Phi) is 7.74. The SMILES string of the molecule is c1ccc(-c2nc(-c3ccc4c5ccccc5n(-c5ccccc5)c4c3)nc(-c3cccc4sc5ccc(-c6ccc7c8ccccc8c8ccccc8c7c6)cc5c34)n2)cc1. The van der Waals surface area contributed by atoms with Crippen molar-refractivity contribution in [2.24, 2.45) is 0 Å². The van der Waals surface area contributed by atoms with Crippen LogP contribution in [0.1, 0.15) is 0 Å². The molecule has 0 aliphatic carbocycles. The highest BCUT2D eigenvalue weighted by atomic mass is 32.1. The van der Waals surface area contributed by atoms with Gasteiger partial charge in [-0.3, -0.25) is 0 Å². The van der Waals surface area contributed by atoms with Gasteiger partial charge >= 0.3 is 0 Å². The molecule has 62 heavy (non-hydrogen) atoms. The molecule has 0 bridgehead atoms. The lowest BCUT2D eigenvalue weighted by Gasteiger charge is -2.12. The molecule has 3 heterocycles. The Morgan fingerprint density at radius 3 is 1.58 bits per heavy atom. The first kappa shape index (κ1) is 34.8. The van der Waals surface area contributed by atoms with Gasteiger partial charge in [0.25, 0.3) is 0 Å². The summed E-state index contributed by atoms with van der Waals surface area (Å²) in [4.78, 5) is 15.8. The van der Waals surface area contributed by atoms with Crippen LogP contribution in [-0.2, 0) is 0 Å². The summed E-state index contributed by atoms with van der Waals surface area (Å²) in [6.07, 6.45) is 0. The van der Waals surface area contributed by atoms with E-state index in [2.05, 4.69) is 193 Å². The Morgan fingerprint density at radius 1 is 0.306 bits per heavy atom. The number of aromatic nitrogens is 4. The molecule has 0 amide bonds. The van der Waals surface area contributed by atoms with Gasteiger partial charge in [-0.05, 0) is 92.0 Å². The minimum absolute atomic E-state index is 0.633. The summed E-state index contributed by atoms with van der Waals surface area (Å²) in [5.74, 6) is 1.92. The van der Waals surface area contributed by atoms with Gasteiger partial charge in [0.1, 0.15) is 0 Å². The van der Waals surface area contributed by atoms with Crippen LogP contribution in [0.15, 0.2) is 206 Å². The van der Waals surface area contributed by atoms with Gasteiger partial charge in [0.05, 0.1) is 11.0 Å². The summed E-state index contributed by atoms with van der Waals surface area (Å²) < 4.78 is 4.76.